The summed E-state index contributed by atoms with van der Waals surface area (Å²) in [4.78, 5) is 11.0. The van der Waals surface area contributed by atoms with Crippen molar-refractivity contribution in [1.82, 2.24) is 0 Å². The van der Waals surface area contributed by atoms with Gasteiger partial charge in [0.25, 0.3) is 5.69 Å². The highest BCUT2D eigenvalue weighted by Gasteiger charge is 2.24. The Morgan fingerprint density at radius 3 is 2.44 bits per heavy atom. The van der Waals surface area contributed by atoms with Crippen molar-refractivity contribution in [2.24, 2.45) is 5.92 Å². The van der Waals surface area contributed by atoms with Crippen LogP contribution in [0.5, 0.6) is 0 Å². The van der Waals surface area contributed by atoms with Crippen molar-refractivity contribution in [3.05, 3.63) is 38.9 Å². The lowest BCUT2D eigenvalue weighted by Crippen LogP contribution is -2.04. The number of nitro groups is 1. The smallest absolute Gasteiger partial charge is 0.258 e. The van der Waals surface area contributed by atoms with Crippen molar-refractivity contribution >= 4 is 5.69 Å². The van der Waals surface area contributed by atoms with E-state index < -0.39 is 0 Å². The number of benzene rings is 1. The molecule has 0 bridgehead atoms. The molecule has 1 fully saturated rings. The minimum absolute atomic E-state index is 0.192. The molecule has 0 aromatic heterocycles. The highest BCUT2D eigenvalue weighted by molar-refractivity contribution is 5.49. The van der Waals surface area contributed by atoms with E-state index in [0.29, 0.717) is 11.6 Å². The molecule has 0 N–H and O–H groups in total. The molecule has 0 amide bonds. The molecule has 1 aromatic carbocycles. The molecule has 96 valence electrons. The summed E-state index contributed by atoms with van der Waals surface area (Å²) >= 11 is 0. The summed E-state index contributed by atoms with van der Waals surface area (Å²) in [6.07, 6.45) is 9.25. The monoisotopic (exact) mass is 245 g/mol. The van der Waals surface area contributed by atoms with Gasteiger partial charge in [-0.1, -0.05) is 25.7 Å². The van der Waals surface area contributed by atoms with Crippen LogP contribution in [0.1, 0.15) is 48.8 Å². The average molecular weight is 245 g/mol. The highest BCUT2D eigenvalue weighted by Crippen LogP contribution is 2.34. The molecule has 0 unspecified atom stereocenters. The lowest BCUT2D eigenvalue weighted by Gasteiger charge is -2.11. The molecule has 0 saturated heterocycles. The molecule has 3 nitrogen and oxygen atoms in total. The number of aryl methyl sites for hydroxylation is 2. The summed E-state index contributed by atoms with van der Waals surface area (Å²) in [5.41, 5.74) is 3.90. The van der Waals surface area contributed by atoms with Crippen LogP contribution in [0.2, 0.25) is 0 Å². The van der Waals surface area contributed by atoms with Gasteiger partial charge in [-0.25, -0.2) is 0 Å². The first kappa shape index (κ1) is 11.7. The van der Waals surface area contributed by atoms with E-state index in [1.165, 1.54) is 36.8 Å². The lowest BCUT2D eigenvalue weighted by atomic mass is 9.94. The predicted molar refractivity (Wildman–Crippen MR) is 70.8 cm³/mol. The van der Waals surface area contributed by atoms with Gasteiger partial charge in [-0.3, -0.25) is 10.1 Å². The lowest BCUT2D eigenvalue weighted by molar-refractivity contribution is -0.385. The fraction of sp³-hybridized carbons (Fsp3) is 0.600. The van der Waals surface area contributed by atoms with Gasteiger partial charge in [0.2, 0.25) is 0 Å². The van der Waals surface area contributed by atoms with Gasteiger partial charge in [0, 0.05) is 11.6 Å². The third-order valence-corrected chi connectivity index (χ3v) is 4.47. The maximum Gasteiger partial charge on any atom is 0.272 e. The van der Waals surface area contributed by atoms with E-state index in [9.17, 15) is 10.1 Å². The van der Waals surface area contributed by atoms with Crippen molar-refractivity contribution < 1.29 is 4.92 Å². The van der Waals surface area contributed by atoms with Crippen LogP contribution in [0.3, 0.4) is 0 Å². The summed E-state index contributed by atoms with van der Waals surface area (Å²) in [5.74, 6) is 0.670. The SMILES string of the molecule is O=[N+]([O-])c1cc2c(cc1CC1CCCC1)CCC2. The second-order valence-electron chi connectivity index (χ2n) is 5.71. The maximum atomic E-state index is 11.2. The Balaban J connectivity index is 1.92. The Bertz CT molecular complexity index is 476. The van der Waals surface area contributed by atoms with Crippen LogP contribution in [-0.4, -0.2) is 4.92 Å². The molecular formula is C15H19NO2. The van der Waals surface area contributed by atoms with Crippen molar-refractivity contribution in [3.63, 3.8) is 0 Å². The van der Waals surface area contributed by atoms with Gasteiger partial charge in [-0.15, -0.1) is 0 Å². The molecule has 0 radical (unpaired) electrons. The maximum absolute atomic E-state index is 11.2. The number of nitrogens with zero attached hydrogens (tertiary/aromatic N) is 1. The zero-order chi connectivity index (χ0) is 12.5. The minimum Gasteiger partial charge on any atom is -0.258 e. The van der Waals surface area contributed by atoms with Crippen LogP contribution in [-0.2, 0) is 19.3 Å². The Labute approximate surface area is 107 Å². The van der Waals surface area contributed by atoms with Crippen molar-refractivity contribution in [1.29, 1.82) is 0 Å². The van der Waals surface area contributed by atoms with E-state index in [4.69, 9.17) is 0 Å². The second-order valence-corrected chi connectivity index (χ2v) is 5.71. The quantitative estimate of drug-likeness (QED) is 0.600. The summed E-state index contributed by atoms with van der Waals surface area (Å²) in [7, 11) is 0. The molecule has 1 aromatic rings. The fourth-order valence-corrected chi connectivity index (χ4v) is 3.52. The van der Waals surface area contributed by atoms with Crippen LogP contribution in [0.4, 0.5) is 5.69 Å². The summed E-state index contributed by atoms with van der Waals surface area (Å²) in [5, 5.41) is 11.2. The molecular weight excluding hydrogens is 226 g/mol. The van der Waals surface area contributed by atoms with Gasteiger partial charge in [0.15, 0.2) is 0 Å². The molecule has 3 rings (SSSR count). The first-order valence-electron chi connectivity index (χ1n) is 7.03. The number of hydrogen-bond acceptors (Lipinski definition) is 2. The van der Waals surface area contributed by atoms with Gasteiger partial charge in [-0.2, -0.15) is 0 Å². The van der Waals surface area contributed by atoms with Gasteiger partial charge in [0.05, 0.1) is 4.92 Å². The van der Waals surface area contributed by atoms with Gasteiger partial charge in [-0.05, 0) is 48.8 Å². The first-order valence-corrected chi connectivity index (χ1v) is 7.03. The zero-order valence-electron chi connectivity index (χ0n) is 10.7. The van der Waals surface area contributed by atoms with Crippen LogP contribution in [0.15, 0.2) is 12.1 Å². The van der Waals surface area contributed by atoms with Crippen LogP contribution in [0, 0.1) is 16.0 Å². The molecule has 2 aliphatic rings. The van der Waals surface area contributed by atoms with E-state index in [1.807, 2.05) is 6.07 Å². The van der Waals surface area contributed by atoms with Crippen molar-refractivity contribution in [3.8, 4) is 0 Å². The second kappa shape index (κ2) is 4.71. The van der Waals surface area contributed by atoms with Crippen LogP contribution < -0.4 is 0 Å². The third-order valence-electron chi connectivity index (χ3n) is 4.47. The Morgan fingerprint density at radius 1 is 1.11 bits per heavy atom. The van der Waals surface area contributed by atoms with E-state index in [-0.39, 0.29) is 4.92 Å². The zero-order valence-corrected chi connectivity index (χ0v) is 10.7. The molecule has 0 aliphatic heterocycles. The molecule has 2 aliphatic carbocycles. The Hall–Kier alpha value is -1.38. The topological polar surface area (TPSA) is 43.1 Å². The number of nitro benzene ring substituents is 1. The average Bonchev–Trinajstić information content (AvgIpc) is 2.97. The highest BCUT2D eigenvalue weighted by atomic mass is 16.6. The van der Waals surface area contributed by atoms with E-state index >= 15 is 0 Å². The summed E-state index contributed by atoms with van der Waals surface area (Å²) in [6.45, 7) is 0. The Kier molecular flexibility index (Phi) is 3.06. The van der Waals surface area contributed by atoms with Gasteiger partial charge < -0.3 is 0 Å². The van der Waals surface area contributed by atoms with E-state index in [1.54, 1.807) is 0 Å². The largest absolute Gasteiger partial charge is 0.272 e. The van der Waals surface area contributed by atoms with Gasteiger partial charge in [0.1, 0.15) is 0 Å². The minimum atomic E-state index is -0.192. The van der Waals surface area contributed by atoms with E-state index in [2.05, 4.69) is 6.07 Å². The van der Waals surface area contributed by atoms with Crippen LogP contribution >= 0.6 is 0 Å². The first-order chi connectivity index (χ1) is 8.74. The predicted octanol–water partition coefficient (Wildman–Crippen LogP) is 3.82. The molecule has 18 heavy (non-hydrogen) atoms. The molecule has 0 heterocycles. The van der Waals surface area contributed by atoms with E-state index in [0.717, 1.165) is 31.2 Å². The number of hydrogen-bond donors (Lipinski definition) is 0. The Morgan fingerprint density at radius 2 is 1.78 bits per heavy atom. The molecule has 3 heteroatoms. The molecule has 1 saturated carbocycles. The number of rotatable bonds is 3. The normalized spacial score (nSPS) is 19.1. The summed E-state index contributed by atoms with van der Waals surface area (Å²) in [6, 6.07) is 3.96. The third kappa shape index (κ3) is 2.14. The van der Waals surface area contributed by atoms with Gasteiger partial charge >= 0.3 is 0 Å². The fourth-order valence-electron chi connectivity index (χ4n) is 3.52. The van der Waals surface area contributed by atoms with Crippen molar-refractivity contribution in [2.45, 2.75) is 51.4 Å². The molecule has 0 atom stereocenters. The molecule has 0 spiro atoms. The van der Waals surface area contributed by atoms with Crippen LogP contribution in [0.25, 0.3) is 0 Å². The number of fused-ring (bicyclic) bond motifs is 1. The standard InChI is InChI=1S/C15H19NO2/c17-16(18)15-10-13-7-3-6-12(13)9-14(15)8-11-4-1-2-5-11/h9-11H,1-8H2. The van der Waals surface area contributed by atoms with Crippen molar-refractivity contribution in [2.75, 3.05) is 0 Å². The summed E-state index contributed by atoms with van der Waals surface area (Å²) < 4.78 is 0.